The van der Waals surface area contributed by atoms with Crippen molar-refractivity contribution < 1.29 is 4.74 Å². The first-order valence-electron chi connectivity index (χ1n) is 9.83. The first-order chi connectivity index (χ1) is 13.2. The summed E-state index contributed by atoms with van der Waals surface area (Å²) in [5.41, 5.74) is 5.62. The number of rotatable bonds is 3. The number of halogens is 2. The maximum atomic E-state index is 6.22. The highest BCUT2D eigenvalue weighted by Gasteiger charge is 2.39. The Labute approximate surface area is 170 Å². The molecule has 3 aliphatic rings. The van der Waals surface area contributed by atoms with E-state index in [0.717, 1.165) is 39.4 Å². The van der Waals surface area contributed by atoms with Gasteiger partial charge in [-0.1, -0.05) is 29.3 Å². The second-order valence-electron chi connectivity index (χ2n) is 7.90. The Kier molecular flexibility index (Phi) is 4.81. The SMILES string of the molecule is Clc1cc(Cl)cc(CN2CC[C@@H]3C[C@@H]2c2cc(N4CCOCC4)ccc23)c1. The Morgan fingerprint density at radius 2 is 1.70 bits per heavy atom. The lowest BCUT2D eigenvalue weighted by Crippen LogP contribution is -2.36. The zero-order chi connectivity index (χ0) is 18.4. The van der Waals surface area contributed by atoms with Crippen molar-refractivity contribution in [2.75, 3.05) is 37.7 Å². The van der Waals surface area contributed by atoms with E-state index < -0.39 is 0 Å². The molecule has 2 heterocycles. The van der Waals surface area contributed by atoms with Crippen molar-refractivity contribution in [1.82, 2.24) is 4.90 Å². The maximum absolute atomic E-state index is 6.22. The van der Waals surface area contributed by atoms with Gasteiger partial charge < -0.3 is 9.64 Å². The number of likely N-dealkylation sites (tertiary alicyclic amines) is 1. The van der Waals surface area contributed by atoms with Gasteiger partial charge in [0.25, 0.3) is 0 Å². The van der Waals surface area contributed by atoms with Crippen LogP contribution in [-0.4, -0.2) is 37.7 Å². The van der Waals surface area contributed by atoms with E-state index >= 15 is 0 Å². The molecule has 2 saturated heterocycles. The standard InChI is InChI=1S/C22H24Cl2N2O/c23-17-9-15(10-18(24)12-17)14-26-4-3-16-11-22(26)21-13-19(1-2-20(16)21)25-5-7-27-8-6-25/h1-2,9-10,12-13,16,22H,3-8,11,14H2/t16-,22-/m1/s1. The molecule has 3 nitrogen and oxygen atoms in total. The van der Waals surface area contributed by atoms with Crippen LogP contribution in [0.15, 0.2) is 36.4 Å². The number of ether oxygens (including phenoxy) is 1. The number of hydrogen-bond acceptors (Lipinski definition) is 3. The molecule has 0 radical (unpaired) electrons. The smallest absolute Gasteiger partial charge is 0.0642 e. The lowest BCUT2D eigenvalue weighted by atomic mass is 9.95. The molecule has 5 rings (SSSR count). The highest BCUT2D eigenvalue weighted by atomic mass is 35.5. The van der Waals surface area contributed by atoms with Crippen molar-refractivity contribution in [2.45, 2.75) is 31.3 Å². The van der Waals surface area contributed by atoms with Gasteiger partial charge in [0.05, 0.1) is 13.2 Å². The third kappa shape index (κ3) is 3.47. The number of anilines is 1. The quantitative estimate of drug-likeness (QED) is 0.695. The summed E-state index contributed by atoms with van der Waals surface area (Å²) in [4.78, 5) is 5.06. The van der Waals surface area contributed by atoms with E-state index in [1.165, 1.54) is 29.7 Å². The lowest BCUT2D eigenvalue weighted by Gasteiger charge is -2.34. The predicted octanol–water partition coefficient (Wildman–Crippen LogP) is 5.26. The van der Waals surface area contributed by atoms with E-state index in [0.29, 0.717) is 22.0 Å². The number of nitrogens with zero attached hydrogens (tertiary/aromatic N) is 2. The summed E-state index contributed by atoms with van der Waals surface area (Å²) in [7, 11) is 0. The van der Waals surface area contributed by atoms with Crippen LogP contribution in [0, 0.1) is 0 Å². The van der Waals surface area contributed by atoms with Gasteiger partial charge >= 0.3 is 0 Å². The fourth-order valence-electron chi connectivity index (χ4n) is 4.99. The van der Waals surface area contributed by atoms with Crippen LogP contribution in [0.1, 0.15) is 41.5 Å². The van der Waals surface area contributed by atoms with Gasteiger partial charge in [0, 0.05) is 41.4 Å². The molecule has 2 aromatic carbocycles. The second kappa shape index (κ2) is 7.29. The van der Waals surface area contributed by atoms with Crippen LogP contribution in [-0.2, 0) is 11.3 Å². The molecule has 2 bridgehead atoms. The molecule has 0 amide bonds. The van der Waals surface area contributed by atoms with Gasteiger partial charge in [-0.3, -0.25) is 4.90 Å². The molecule has 0 unspecified atom stereocenters. The molecule has 2 fully saturated rings. The summed E-state index contributed by atoms with van der Waals surface area (Å²) < 4.78 is 5.51. The minimum absolute atomic E-state index is 0.498. The van der Waals surface area contributed by atoms with Crippen LogP contribution in [0.25, 0.3) is 0 Å². The largest absolute Gasteiger partial charge is 0.378 e. The third-order valence-corrected chi connectivity index (χ3v) is 6.70. The number of morpholine rings is 1. The molecule has 1 aliphatic carbocycles. The van der Waals surface area contributed by atoms with Crippen LogP contribution in [0.5, 0.6) is 0 Å². The van der Waals surface area contributed by atoms with E-state index in [1.807, 2.05) is 12.1 Å². The number of hydrogen-bond donors (Lipinski definition) is 0. The molecule has 142 valence electrons. The highest BCUT2D eigenvalue weighted by Crippen LogP contribution is 2.50. The van der Waals surface area contributed by atoms with Crippen LogP contribution >= 0.6 is 23.2 Å². The van der Waals surface area contributed by atoms with E-state index in [-0.39, 0.29) is 0 Å². The fraction of sp³-hybridized carbons (Fsp3) is 0.455. The van der Waals surface area contributed by atoms with Crippen LogP contribution in [0.4, 0.5) is 5.69 Å². The molecule has 27 heavy (non-hydrogen) atoms. The van der Waals surface area contributed by atoms with E-state index in [4.69, 9.17) is 27.9 Å². The van der Waals surface area contributed by atoms with Gasteiger partial charge in [-0.15, -0.1) is 0 Å². The summed E-state index contributed by atoms with van der Waals surface area (Å²) >= 11 is 12.4. The summed E-state index contributed by atoms with van der Waals surface area (Å²) in [6, 6.07) is 13.5. The highest BCUT2D eigenvalue weighted by molar-refractivity contribution is 6.34. The van der Waals surface area contributed by atoms with Crippen molar-refractivity contribution >= 4 is 28.9 Å². The molecule has 2 atom stereocenters. The predicted molar refractivity (Wildman–Crippen MR) is 111 cm³/mol. The minimum atomic E-state index is 0.498. The zero-order valence-corrected chi connectivity index (χ0v) is 16.8. The van der Waals surface area contributed by atoms with Gasteiger partial charge in [-0.2, -0.15) is 0 Å². The molecule has 0 aromatic heterocycles. The lowest BCUT2D eigenvalue weighted by molar-refractivity contribution is 0.122. The third-order valence-electron chi connectivity index (χ3n) is 6.27. The molecule has 0 N–H and O–H groups in total. The first kappa shape index (κ1) is 17.8. The minimum Gasteiger partial charge on any atom is -0.378 e. The van der Waals surface area contributed by atoms with Crippen LogP contribution in [0.3, 0.4) is 0 Å². The second-order valence-corrected chi connectivity index (χ2v) is 8.77. The van der Waals surface area contributed by atoms with Gasteiger partial charge in [0.1, 0.15) is 0 Å². The van der Waals surface area contributed by atoms with Crippen molar-refractivity contribution in [2.24, 2.45) is 0 Å². The Bertz CT molecular complexity index is 830. The fourth-order valence-corrected chi connectivity index (χ4v) is 5.56. The monoisotopic (exact) mass is 402 g/mol. The molecule has 5 heteroatoms. The summed E-state index contributed by atoms with van der Waals surface area (Å²) in [5.74, 6) is 0.711. The Balaban J connectivity index is 1.42. The normalized spacial score (nSPS) is 24.9. The number of piperidine rings is 1. The van der Waals surface area contributed by atoms with Gasteiger partial charge in [-0.05, 0) is 72.3 Å². The number of benzene rings is 2. The van der Waals surface area contributed by atoms with Gasteiger partial charge in [0.2, 0.25) is 0 Å². The first-order valence-corrected chi connectivity index (χ1v) is 10.6. The Morgan fingerprint density at radius 1 is 0.926 bits per heavy atom. The average Bonchev–Trinajstić information content (AvgIpc) is 2.97. The van der Waals surface area contributed by atoms with Crippen molar-refractivity contribution in [3.05, 3.63) is 63.1 Å². The molecule has 0 saturated carbocycles. The molecular weight excluding hydrogens is 379 g/mol. The Morgan fingerprint density at radius 3 is 2.48 bits per heavy atom. The zero-order valence-electron chi connectivity index (χ0n) is 15.3. The van der Waals surface area contributed by atoms with Gasteiger partial charge in [-0.25, -0.2) is 0 Å². The van der Waals surface area contributed by atoms with E-state index in [1.54, 1.807) is 11.6 Å². The molecule has 0 spiro atoms. The molecule has 2 aromatic rings. The Hall–Kier alpha value is -1.26. The summed E-state index contributed by atoms with van der Waals surface area (Å²) in [6.45, 7) is 5.64. The topological polar surface area (TPSA) is 15.7 Å². The molecular formula is C22H24Cl2N2O. The van der Waals surface area contributed by atoms with Gasteiger partial charge in [0.15, 0.2) is 0 Å². The summed E-state index contributed by atoms with van der Waals surface area (Å²) in [5, 5.41) is 1.43. The van der Waals surface area contributed by atoms with E-state index in [9.17, 15) is 0 Å². The van der Waals surface area contributed by atoms with Crippen LogP contribution < -0.4 is 4.90 Å². The van der Waals surface area contributed by atoms with Crippen molar-refractivity contribution in [3.8, 4) is 0 Å². The van der Waals surface area contributed by atoms with E-state index in [2.05, 4.69) is 28.0 Å². The maximum Gasteiger partial charge on any atom is 0.0642 e. The average molecular weight is 403 g/mol. The summed E-state index contributed by atoms with van der Waals surface area (Å²) in [6.07, 6.45) is 2.46. The van der Waals surface area contributed by atoms with Crippen molar-refractivity contribution in [1.29, 1.82) is 0 Å². The number of fused-ring (bicyclic) bond motifs is 5. The van der Waals surface area contributed by atoms with Crippen LogP contribution in [0.2, 0.25) is 10.0 Å². The molecule has 2 aliphatic heterocycles. The van der Waals surface area contributed by atoms with Crippen molar-refractivity contribution in [3.63, 3.8) is 0 Å².